The van der Waals surface area contributed by atoms with Gasteiger partial charge in [-0.2, -0.15) is 0 Å². The van der Waals surface area contributed by atoms with Crippen LogP contribution in [0.25, 0.3) is 0 Å². The maximum atomic E-state index is 2.18. The third-order valence-electron chi connectivity index (χ3n) is 2.33. The number of aryl methyl sites for hydroxylation is 2. The maximum absolute atomic E-state index is 2.18. The fourth-order valence-corrected chi connectivity index (χ4v) is 1.09. The smallest absolute Gasteiger partial charge is 1.00 e. The van der Waals surface area contributed by atoms with E-state index in [0.29, 0.717) is 0 Å². The minimum atomic E-state index is 0. The SMILES string of the molecule is Cc1ccc(C)c(C)c1C.[H-].[Li+]. The van der Waals surface area contributed by atoms with Crippen LogP contribution in [0.1, 0.15) is 23.7 Å². The van der Waals surface area contributed by atoms with Gasteiger partial charge in [0.05, 0.1) is 0 Å². The van der Waals surface area contributed by atoms with Gasteiger partial charge >= 0.3 is 18.9 Å². The molecule has 0 amide bonds. The van der Waals surface area contributed by atoms with Crippen molar-refractivity contribution in [3.05, 3.63) is 34.4 Å². The quantitative estimate of drug-likeness (QED) is 0.448. The molecular formula is C10H15Li. The van der Waals surface area contributed by atoms with Gasteiger partial charge in [0.2, 0.25) is 0 Å². The van der Waals surface area contributed by atoms with Crippen molar-refractivity contribution in [2.24, 2.45) is 0 Å². The van der Waals surface area contributed by atoms with Gasteiger partial charge in [-0.25, -0.2) is 0 Å². The van der Waals surface area contributed by atoms with E-state index in [0.717, 1.165) is 0 Å². The van der Waals surface area contributed by atoms with E-state index in [2.05, 4.69) is 39.8 Å². The Morgan fingerprint density at radius 1 is 0.818 bits per heavy atom. The monoisotopic (exact) mass is 142 g/mol. The van der Waals surface area contributed by atoms with E-state index in [9.17, 15) is 0 Å². The molecule has 0 nitrogen and oxygen atoms in total. The van der Waals surface area contributed by atoms with Crippen LogP contribution in [0.4, 0.5) is 0 Å². The number of hydrogen-bond acceptors (Lipinski definition) is 0. The van der Waals surface area contributed by atoms with Gasteiger partial charge in [0, 0.05) is 0 Å². The summed E-state index contributed by atoms with van der Waals surface area (Å²) in [6.45, 7) is 8.67. The second-order valence-electron chi connectivity index (χ2n) is 2.95. The van der Waals surface area contributed by atoms with Crippen LogP contribution < -0.4 is 18.9 Å². The Kier molecular flexibility index (Phi) is 3.93. The summed E-state index contributed by atoms with van der Waals surface area (Å²) in [5.74, 6) is 0. The first kappa shape index (κ1) is 10.8. The molecule has 0 aliphatic carbocycles. The molecule has 0 fully saturated rings. The van der Waals surface area contributed by atoms with Crippen LogP contribution in [-0.2, 0) is 0 Å². The summed E-state index contributed by atoms with van der Waals surface area (Å²) in [5, 5.41) is 0. The topological polar surface area (TPSA) is 0 Å². The van der Waals surface area contributed by atoms with E-state index >= 15 is 0 Å². The Bertz CT molecular complexity index is 229. The summed E-state index contributed by atoms with van der Waals surface area (Å²) in [4.78, 5) is 0. The molecule has 1 aromatic rings. The minimum Gasteiger partial charge on any atom is -1.00 e. The van der Waals surface area contributed by atoms with E-state index in [4.69, 9.17) is 0 Å². The van der Waals surface area contributed by atoms with Crippen LogP contribution in [-0.4, -0.2) is 0 Å². The standard InChI is InChI=1S/C10H14.Li.H/c1-7-5-6-8(2)10(4)9(7)3;;/h5-6H,1-4H3;;/q;+1;-1. The molecule has 11 heavy (non-hydrogen) atoms. The molecular weight excluding hydrogens is 127 g/mol. The summed E-state index contributed by atoms with van der Waals surface area (Å²) < 4.78 is 0. The third kappa shape index (κ3) is 2.12. The molecule has 0 saturated heterocycles. The molecule has 0 aliphatic rings. The van der Waals surface area contributed by atoms with Gasteiger partial charge in [0.1, 0.15) is 0 Å². The normalized spacial score (nSPS) is 9.09. The van der Waals surface area contributed by atoms with Gasteiger partial charge in [-0.15, -0.1) is 0 Å². The van der Waals surface area contributed by atoms with Crippen LogP contribution in [0.2, 0.25) is 0 Å². The predicted molar refractivity (Wildman–Crippen MR) is 46.5 cm³/mol. The molecule has 0 radical (unpaired) electrons. The summed E-state index contributed by atoms with van der Waals surface area (Å²) in [5.41, 5.74) is 5.64. The van der Waals surface area contributed by atoms with Crippen molar-refractivity contribution in [2.75, 3.05) is 0 Å². The third-order valence-corrected chi connectivity index (χ3v) is 2.33. The Labute approximate surface area is 82.7 Å². The second-order valence-corrected chi connectivity index (χ2v) is 2.95. The van der Waals surface area contributed by atoms with Crippen molar-refractivity contribution in [2.45, 2.75) is 27.7 Å². The first-order valence-corrected chi connectivity index (χ1v) is 3.66. The Balaban J connectivity index is 0. The molecule has 0 aliphatic heterocycles. The Morgan fingerprint density at radius 3 is 1.36 bits per heavy atom. The second kappa shape index (κ2) is 4.00. The molecule has 1 aromatic carbocycles. The summed E-state index contributed by atoms with van der Waals surface area (Å²) >= 11 is 0. The van der Waals surface area contributed by atoms with Crippen molar-refractivity contribution < 1.29 is 20.3 Å². The van der Waals surface area contributed by atoms with Gasteiger partial charge < -0.3 is 1.43 Å². The zero-order chi connectivity index (χ0) is 7.72. The largest absolute Gasteiger partial charge is 1.00 e. The van der Waals surface area contributed by atoms with Crippen LogP contribution in [0.15, 0.2) is 12.1 Å². The van der Waals surface area contributed by atoms with Crippen molar-refractivity contribution in [1.82, 2.24) is 0 Å². The Morgan fingerprint density at radius 2 is 1.09 bits per heavy atom. The van der Waals surface area contributed by atoms with Crippen LogP contribution >= 0.6 is 0 Å². The molecule has 0 N–H and O–H groups in total. The molecule has 1 heteroatoms. The molecule has 1 rings (SSSR count). The van der Waals surface area contributed by atoms with E-state index < -0.39 is 0 Å². The van der Waals surface area contributed by atoms with Gasteiger partial charge in [0.15, 0.2) is 0 Å². The first-order valence-electron chi connectivity index (χ1n) is 3.66. The molecule has 0 saturated carbocycles. The molecule has 0 spiro atoms. The zero-order valence-corrected chi connectivity index (χ0v) is 8.15. The molecule has 56 valence electrons. The van der Waals surface area contributed by atoms with Crippen molar-refractivity contribution in [3.63, 3.8) is 0 Å². The molecule has 0 atom stereocenters. The number of rotatable bonds is 0. The number of benzene rings is 1. The number of hydrogen-bond donors (Lipinski definition) is 0. The van der Waals surface area contributed by atoms with Crippen molar-refractivity contribution >= 4 is 0 Å². The van der Waals surface area contributed by atoms with E-state index in [-0.39, 0.29) is 20.3 Å². The Hall–Kier alpha value is -0.183. The van der Waals surface area contributed by atoms with Crippen molar-refractivity contribution in [3.8, 4) is 0 Å². The van der Waals surface area contributed by atoms with Crippen LogP contribution in [0.3, 0.4) is 0 Å². The fourth-order valence-electron chi connectivity index (χ4n) is 1.09. The summed E-state index contributed by atoms with van der Waals surface area (Å²) in [6, 6.07) is 4.36. The summed E-state index contributed by atoms with van der Waals surface area (Å²) in [7, 11) is 0. The molecule has 0 unspecified atom stereocenters. The average molecular weight is 142 g/mol. The van der Waals surface area contributed by atoms with Crippen LogP contribution in [0.5, 0.6) is 0 Å². The van der Waals surface area contributed by atoms with Gasteiger partial charge in [-0.1, -0.05) is 12.1 Å². The van der Waals surface area contributed by atoms with Gasteiger partial charge in [0.25, 0.3) is 0 Å². The van der Waals surface area contributed by atoms with E-state index in [1.807, 2.05) is 0 Å². The van der Waals surface area contributed by atoms with E-state index in [1.165, 1.54) is 22.3 Å². The maximum Gasteiger partial charge on any atom is 1.00 e. The average Bonchev–Trinajstić information content (AvgIpc) is 1.93. The molecule has 0 bridgehead atoms. The van der Waals surface area contributed by atoms with Gasteiger partial charge in [-0.3, -0.25) is 0 Å². The summed E-state index contributed by atoms with van der Waals surface area (Å²) in [6.07, 6.45) is 0. The minimum absolute atomic E-state index is 0. The molecule has 0 aromatic heterocycles. The van der Waals surface area contributed by atoms with Crippen molar-refractivity contribution in [1.29, 1.82) is 0 Å². The zero-order valence-electron chi connectivity index (χ0n) is 9.15. The van der Waals surface area contributed by atoms with Crippen LogP contribution in [0, 0.1) is 27.7 Å². The first-order chi connectivity index (χ1) is 4.63. The predicted octanol–water partition coefficient (Wildman–Crippen LogP) is 0.0368. The van der Waals surface area contributed by atoms with E-state index in [1.54, 1.807) is 0 Å². The molecule has 0 heterocycles. The van der Waals surface area contributed by atoms with Gasteiger partial charge in [-0.05, 0) is 49.9 Å². The fraction of sp³-hybridized carbons (Fsp3) is 0.400.